The minimum atomic E-state index is -0.555. The van der Waals surface area contributed by atoms with E-state index in [0.29, 0.717) is 22.4 Å². The van der Waals surface area contributed by atoms with Crippen molar-refractivity contribution in [3.63, 3.8) is 0 Å². The number of carbonyl (C=O) groups excluding carboxylic acids is 1. The second kappa shape index (κ2) is 6.94. The summed E-state index contributed by atoms with van der Waals surface area (Å²) in [6.07, 6.45) is 10.0. The fourth-order valence-corrected chi connectivity index (χ4v) is 2.34. The van der Waals surface area contributed by atoms with Crippen LogP contribution in [0.3, 0.4) is 0 Å². The Morgan fingerprint density at radius 1 is 1.50 bits per heavy atom. The average Bonchev–Trinajstić information content (AvgIpc) is 2.88. The molecule has 0 aliphatic carbocycles. The van der Waals surface area contributed by atoms with Gasteiger partial charge in [0.05, 0.1) is 23.0 Å². The molecule has 0 spiro atoms. The van der Waals surface area contributed by atoms with Crippen LogP contribution in [0.15, 0.2) is 6.20 Å². The van der Waals surface area contributed by atoms with Gasteiger partial charge in [0, 0.05) is 6.54 Å². The van der Waals surface area contributed by atoms with Crippen molar-refractivity contribution in [2.24, 2.45) is 0 Å². The molecule has 0 amide bonds. The number of terminal acetylenes is 1. The highest BCUT2D eigenvalue weighted by molar-refractivity contribution is 6.04. The normalized spacial score (nSPS) is 10.6. The monoisotopic (exact) mass is 300 g/mol. The highest BCUT2D eigenvalue weighted by Crippen LogP contribution is 2.26. The lowest BCUT2D eigenvalue weighted by molar-refractivity contribution is 0.0557. The van der Waals surface area contributed by atoms with Crippen molar-refractivity contribution in [3.05, 3.63) is 17.5 Å². The standard InChI is InChI=1S/C16H20N4O2/c1-4-6-7-8-20-15-12(10-18-20)14(17)13(11(3)19-15)16(21)22-9-5-2/h2,10H,4,6-9H2,1,3H3,(H2,17,19). The van der Waals surface area contributed by atoms with E-state index >= 15 is 0 Å². The Bertz CT molecular complexity index is 728. The minimum Gasteiger partial charge on any atom is -0.449 e. The smallest absolute Gasteiger partial charge is 0.343 e. The average molecular weight is 300 g/mol. The van der Waals surface area contributed by atoms with E-state index in [1.165, 1.54) is 0 Å². The van der Waals surface area contributed by atoms with Gasteiger partial charge in [0.15, 0.2) is 12.3 Å². The Labute approximate surface area is 129 Å². The number of nitrogen functional groups attached to an aromatic ring is 1. The molecular weight excluding hydrogens is 280 g/mol. The Balaban J connectivity index is 2.38. The second-order valence-electron chi connectivity index (χ2n) is 5.08. The third kappa shape index (κ3) is 3.03. The molecule has 2 heterocycles. The number of fused-ring (bicyclic) bond motifs is 1. The summed E-state index contributed by atoms with van der Waals surface area (Å²) in [5, 5.41) is 4.98. The van der Waals surface area contributed by atoms with Gasteiger partial charge in [0.1, 0.15) is 5.56 Å². The molecule has 6 heteroatoms. The molecule has 116 valence electrons. The number of unbranched alkanes of at least 4 members (excludes halogenated alkanes) is 2. The maximum Gasteiger partial charge on any atom is 0.343 e. The van der Waals surface area contributed by atoms with E-state index in [9.17, 15) is 4.79 Å². The van der Waals surface area contributed by atoms with E-state index in [2.05, 4.69) is 22.9 Å². The van der Waals surface area contributed by atoms with Crippen molar-refractivity contribution in [1.82, 2.24) is 14.8 Å². The van der Waals surface area contributed by atoms with E-state index < -0.39 is 5.97 Å². The number of carbonyl (C=O) groups is 1. The summed E-state index contributed by atoms with van der Waals surface area (Å²) in [6.45, 7) is 4.57. The Morgan fingerprint density at radius 2 is 2.27 bits per heavy atom. The zero-order valence-electron chi connectivity index (χ0n) is 12.9. The van der Waals surface area contributed by atoms with E-state index in [-0.39, 0.29) is 12.2 Å². The summed E-state index contributed by atoms with van der Waals surface area (Å²) < 4.78 is 6.78. The van der Waals surface area contributed by atoms with Crippen LogP contribution >= 0.6 is 0 Å². The molecule has 2 aromatic heterocycles. The van der Waals surface area contributed by atoms with Crippen LogP contribution in [0.2, 0.25) is 0 Å². The first-order valence-corrected chi connectivity index (χ1v) is 7.32. The number of aryl methyl sites for hydroxylation is 2. The lowest BCUT2D eigenvalue weighted by Crippen LogP contribution is -2.12. The number of hydrogen-bond donors (Lipinski definition) is 1. The largest absolute Gasteiger partial charge is 0.449 e. The first-order valence-electron chi connectivity index (χ1n) is 7.32. The summed E-state index contributed by atoms with van der Waals surface area (Å²) in [5.74, 6) is 1.70. The molecule has 2 rings (SSSR count). The van der Waals surface area contributed by atoms with Crippen LogP contribution in [-0.4, -0.2) is 27.3 Å². The first-order chi connectivity index (χ1) is 10.6. The molecule has 0 radical (unpaired) electrons. The summed E-state index contributed by atoms with van der Waals surface area (Å²) in [5.41, 5.74) is 7.93. The van der Waals surface area contributed by atoms with Crippen LogP contribution in [0.4, 0.5) is 5.69 Å². The predicted octanol–water partition coefficient (Wildman–Crippen LogP) is 2.30. The lowest BCUT2D eigenvalue weighted by atomic mass is 10.1. The van der Waals surface area contributed by atoms with Crippen molar-refractivity contribution in [1.29, 1.82) is 0 Å². The highest BCUT2D eigenvalue weighted by Gasteiger charge is 2.20. The molecule has 0 aliphatic rings. The molecular formula is C16H20N4O2. The number of ether oxygens (including phenoxy) is 1. The van der Waals surface area contributed by atoms with Crippen LogP contribution < -0.4 is 5.73 Å². The van der Waals surface area contributed by atoms with Gasteiger partial charge >= 0.3 is 5.97 Å². The molecule has 0 saturated heterocycles. The molecule has 0 aromatic carbocycles. The lowest BCUT2D eigenvalue weighted by Gasteiger charge is -2.10. The third-order valence-electron chi connectivity index (χ3n) is 3.47. The van der Waals surface area contributed by atoms with Crippen LogP contribution in [0, 0.1) is 19.3 Å². The minimum absolute atomic E-state index is 0.0912. The Morgan fingerprint density at radius 3 is 2.95 bits per heavy atom. The number of esters is 1. The van der Waals surface area contributed by atoms with Crippen LogP contribution in [0.25, 0.3) is 11.0 Å². The summed E-state index contributed by atoms with van der Waals surface area (Å²) in [7, 11) is 0. The van der Waals surface area contributed by atoms with Gasteiger partial charge in [-0.05, 0) is 13.3 Å². The number of hydrogen-bond acceptors (Lipinski definition) is 5. The van der Waals surface area contributed by atoms with E-state index in [1.54, 1.807) is 13.1 Å². The van der Waals surface area contributed by atoms with E-state index in [1.807, 2.05) is 4.68 Å². The maximum absolute atomic E-state index is 12.0. The zero-order valence-corrected chi connectivity index (χ0v) is 12.9. The predicted molar refractivity (Wildman–Crippen MR) is 85.3 cm³/mol. The maximum atomic E-state index is 12.0. The number of rotatable bonds is 6. The van der Waals surface area contributed by atoms with Crippen molar-refractivity contribution in [3.8, 4) is 12.3 Å². The third-order valence-corrected chi connectivity index (χ3v) is 3.47. The van der Waals surface area contributed by atoms with Gasteiger partial charge < -0.3 is 10.5 Å². The van der Waals surface area contributed by atoms with E-state index in [4.69, 9.17) is 16.9 Å². The fourth-order valence-electron chi connectivity index (χ4n) is 2.34. The number of pyridine rings is 1. The molecule has 6 nitrogen and oxygen atoms in total. The number of nitrogens with zero attached hydrogens (tertiary/aromatic N) is 3. The molecule has 0 bridgehead atoms. The van der Waals surface area contributed by atoms with Crippen molar-refractivity contribution >= 4 is 22.7 Å². The number of nitrogens with two attached hydrogens (primary N) is 1. The SMILES string of the molecule is C#CCOC(=O)c1c(C)nc2c(cnn2CCCCC)c1N. The second-order valence-corrected chi connectivity index (χ2v) is 5.08. The van der Waals surface area contributed by atoms with Gasteiger partial charge in [-0.1, -0.05) is 25.7 Å². The molecule has 0 unspecified atom stereocenters. The molecule has 2 aromatic rings. The van der Waals surface area contributed by atoms with Crippen molar-refractivity contribution in [2.75, 3.05) is 12.3 Å². The number of anilines is 1. The van der Waals surface area contributed by atoms with E-state index in [0.717, 1.165) is 25.8 Å². The zero-order chi connectivity index (χ0) is 16.1. The molecule has 0 fully saturated rings. The molecule has 0 saturated carbocycles. The summed E-state index contributed by atoms with van der Waals surface area (Å²) in [4.78, 5) is 16.5. The van der Waals surface area contributed by atoms with Gasteiger partial charge in [0.2, 0.25) is 0 Å². The molecule has 0 aliphatic heterocycles. The molecule has 22 heavy (non-hydrogen) atoms. The summed E-state index contributed by atoms with van der Waals surface area (Å²) in [6, 6.07) is 0. The van der Waals surface area contributed by atoms with Crippen molar-refractivity contribution < 1.29 is 9.53 Å². The van der Waals surface area contributed by atoms with Gasteiger partial charge in [-0.3, -0.25) is 0 Å². The molecule has 0 atom stereocenters. The van der Waals surface area contributed by atoms with Crippen LogP contribution in [0.1, 0.15) is 42.2 Å². The summed E-state index contributed by atoms with van der Waals surface area (Å²) >= 11 is 0. The highest BCUT2D eigenvalue weighted by atomic mass is 16.5. The van der Waals surface area contributed by atoms with Gasteiger partial charge in [0.25, 0.3) is 0 Å². The first kappa shape index (κ1) is 15.8. The number of aromatic nitrogens is 3. The topological polar surface area (TPSA) is 83.0 Å². The quantitative estimate of drug-likeness (QED) is 0.503. The van der Waals surface area contributed by atoms with Gasteiger partial charge in [-0.2, -0.15) is 5.10 Å². The van der Waals surface area contributed by atoms with Gasteiger partial charge in [-0.15, -0.1) is 6.42 Å². The van der Waals surface area contributed by atoms with Crippen LogP contribution in [-0.2, 0) is 11.3 Å². The fraction of sp³-hybridized carbons (Fsp3) is 0.438. The van der Waals surface area contributed by atoms with Gasteiger partial charge in [-0.25, -0.2) is 14.5 Å². The van der Waals surface area contributed by atoms with Crippen molar-refractivity contribution in [2.45, 2.75) is 39.7 Å². The molecule has 2 N–H and O–H groups in total. The Hall–Kier alpha value is -2.55. The van der Waals surface area contributed by atoms with Crippen LogP contribution in [0.5, 0.6) is 0 Å². The Kier molecular flexibility index (Phi) is 4.99.